The third-order valence-corrected chi connectivity index (χ3v) is 2.86. The first kappa shape index (κ1) is 14.5. The molecule has 100 valence electrons. The highest BCUT2D eigenvalue weighted by molar-refractivity contribution is 5.73. The molecule has 0 aromatic carbocycles. The average molecular weight is 251 g/mol. The summed E-state index contributed by atoms with van der Waals surface area (Å²) in [5, 5.41) is 0. The lowest BCUT2D eigenvalue weighted by molar-refractivity contribution is -0.147. The molecule has 18 heavy (non-hydrogen) atoms. The van der Waals surface area contributed by atoms with Gasteiger partial charge < -0.3 is 4.74 Å². The van der Waals surface area contributed by atoms with Crippen molar-refractivity contribution < 1.29 is 9.53 Å². The number of ether oxygens (including phenoxy) is 1. The first-order valence-corrected chi connectivity index (χ1v) is 6.28. The fourth-order valence-electron chi connectivity index (χ4n) is 1.72. The predicted molar refractivity (Wildman–Crippen MR) is 70.6 cm³/mol. The van der Waals surface area contributed by atoms with E-state index in [4.69, 9.17) is 4.74 Å². The van der Waals surface area contributed by atoms with E-state index >= 15 is 0 Å². The van der Waals surface area contributed by atoms with Gasteiger partial charge in [-0.15, -0.1) is 0 Å². The summed E-state index contributed by atoms with van der Waals surface area (Å²) >= 11 is 0. The summed E-state index contributed by atoms with van der Waals surface area (Å²) in [6, 6.07) is 4.36. The summed E-state index contributed by atoms with van der Waals surface area (Å²) in [5.74, 6) is 0.140. The summed E-state index contributed by atoms with van der Waals surface area (Å²) in [6.07, 6.45) is 0.834. The number of carbonyl (C=O) groups is 1. The quantitative estimate of drug-likeness (QED) is 0.754. The first-order chi connectivity index (χ1) is 8.43. The van der Waals surface area contributed by atoms with Crippen molar-refractivity contribution in [3.63, 3.8) is 0 Å². The van der Waals surface area contributed by atoms with E-state index in [1.54, 1.807) is 26.0 Å². The Morgan fingerprint density at radius 2 is 2.00 bits per heavy atom. The van der Waals surface area contributed by atoms with Crippen LogP contribution in [0.1, 0.15) is 38.9 Å². The number of hydrogen-bond donors (Lipinski definition) is 0. The van der Waals surface area contributed by atoms with Gasteiger partial charge in [0.2, 0.25) is 0 Å². The van der Waals surface area contributed by atoms with E-state index in [0.29, 0.717) is 12.5 Å². The zero-order valence-corrected chi connectivity index (χ0v) is 11.5. The SMILES string of the molecule is Cc1cccc(=O)n1C(C)C(=O)OCCC(C)C. The molecule has 0 N–H and O–H groups in total. The minimum absolute atomic E-state index is 0.177. The smallest absolute Gasteiger partial charge is 0.328 e. The van der Waals surface area contributed by atoms with Crippen LogP contribution < -0.4 is 5.56 Å². The minimum Gasteiger partial charge on any atom is -0.464 e. The van der Waals surface area contributed by atoms with Gasteiger partial charge in [0, 0.05) is 11.8 Å². The molecule has 1 heterocycles. The van der Waals surface area contributed by atoms with E-state index in [1.807, 2.05) is 0 Å². The summed E-state index contributed by atoms with van der Waals surface area (Å²) in [7, 11) is 0. The van der Waals surface area contributed by atoms with E-state index in [9.17, 15) is 9.59 Å². The van der Waals surface area contributed by atoms with E-state index in [-0.39, 0.29) is 11.5 Å². The highest BCUT2D eigenvalue weighted by atomic mass is 16.5. The molecule has 1 aromatic heterocycles. The number of aromatic nitrogens is 1. The lowest BCUT2D eigenvalue weighted by Gasteiger charge is -2.17. The molecule has 0 saturated carbocycles. The maximum atomic E-state index is 11.8. The third-order valence-electron chi connectivity index (χ3n) is 2.86. The van der Waals surface area contributed by atoms with Gasteiger partial charge in [-0.05, 0) is 32.3 Å². The molecule has 0 amide bonds. The van der Waals surface area contributed by atoms with Crippen molar-refractivity contribution >= 4 is 5.97 Å². The zero-order valence-electron chi connectivity index (χ0n) is 11.5. The fourth-order valence-corrected chi connectivity index (χ4v) is 1.72. The van der Waals surface area contributed by atoms with Crippen molar-refractivity contribution in [2.45, 2.75) is 40.2 Å². The Kier molecular flexibility index (Phi) is 5.13. The first-order valence-electron chi connectivity index (χ1n) is 6.28. The van der Waals surface area contributed by atoms with Gasteiger partial charge in [0.25, 0.3) is 5.56 Å². The topological polar surface area (TPSA) is 48.3 Å². The van der Waals surface area contributed by atoms with Crippen LogP contribution in [-0.2, 0) is 9.53 Å². The van der Waals surface area contributed by atoms with Crippen LogP contribution in [0.4, 0.5) is 0 Å². The monoisotopic (exact) mass is 251 g/mol. The second-order valence-corrected chi connectivity index (χ2v) is 4.90. The molecule has 4 nitrogen and oxygen atoms in total. The minimum atomic E-state index is -0.578. The highest BCUT2D eigenvalue weighted by Crippen LogP contribution is 2.09. The molecule has 0 saturated heterocycles. The lowest BCUT2D eigenvalue weighted by atomic mass is 10.1. The van der Waals surface area contributed by atoms with Crippen molar-refractivity contribution in [1.29, 1.82) is 0 Å². The molecule has 1 rings (SSSR count). The van der Waals surface area contributed by atoms with Gasteiger partial charge in [0.1, 0.15) is 6.04 Å². The van der Waals surface area contributed by atoms with E-state index in [2.05, 4.69) is 13.8 Å². The number of aryl methyl sites for hydroxylation is 1. The number of pyridine rings is 1. The summed E-state index contributed by atoms with van der Waals surface area (Å²) in [6.45, 7) is 8.04. The van der Waals surface area contributed by atoms with Crippen molar-refractivity contribution in [1.82, 2.24) is 4.57 Å². The number of nitrogens with zero attached hydrogens (tertiary/aromatic N) is 1. The van der Waals surface area contributed by atoms with Crippen LogP contribution in [0.15, 0.2) is 23.0 Å². The van der Waals surface area contributed by atoms with Gasteiger partial charge in [0.05, 0.1) is 6.61 Å². The summed E-state index contributed by atoms with van der Waals surface area (Å²) in [5.41, 5.74) is 0.583. The standard InChI is InChI=1S/C14H21NO3/c1-10(2)8-9-18-14(17)12(4)15-11(3)6-5-7-13(15)16/h5-7,10,12H,8-9H2,1-4H3. The number of esters is 1. The highest BCUT2D eigenvalue weighted by Gasteiger charge is 2.18. The van der Waals surface area contributed by atoms with E-state index < -0.39 is 6.04 Å². The van der Waals surface area contributed by atoms with Gasteiger partial charge in [-0.3, -0.25) is 9.36 Å². The van der Waals surface area contributed by atoms with Crippen LogP contribution in [0.25, 0.3) is 0 Å². The Morgan fingerprint density at radius 1 is 1.33 bits per heavy atom. The summed E-state index contributed by atoms with van der Waals surface area (Å²) in [4.78, 5) is 23.6. The molecule has 0 aliphatic carbocycles. The summed E-state index contributed by atoms with van der Waals surface area (Å²) < 4.78 is 6.64. The van der Waals surface area contributed by atoms with Crippen LogP contribution in [0.2, 0.25) is 0 Å². The fraction of sp³-hybridized carbons (Fsp3) is 0.571. The van der Waals surface area contributed by atoms with Crippen LogP contribution in [0.5, 0.6) is 0 Å². The van der Waals surface area contributed by atoms with Crippen molar-refractivity contribution in [3.8, 4) is 0 Å². The molecule has 0 aliphatic rings. The molecular formula is C14H21NO3. The Morgan fingerprint density at radius 3 is 2.56 bits per heavy atom. The third kappa shape index (κ3) is 3.72. The van der Waals surface area contributed by atoms with Crippen LogP contribution in [0, 0.1) is 12.8 Å². The normalized spacial score (nSPS) is 12.5. The molecule has 0 bridgehead atoms. The van der Waals surface area contributed by atoms with Crippen LogP contribution in [-0.4, -0.2) is 17.1 Å². The number of hydrogen-bond acceptors (Lipinski definition) is 3. The maximum Gasteiger partial charge on any atom is 0.328 e. The second-order valence-electron chi connectivity index (χ2n) is 4.90. The van der Waals surface area contributed by atoms with Gasteiger partial charge in [-0.1, -0.05) is 19.9 Å². The number of rotatable bonds is 5. The number of carbonyl (C=O) groups excluding carboxylic acids is 1. The molecule has 0 aliphatic heterocycles. The molecular weight excluding hydrogens is 230 g/mol. The predicted octanol–water partition coefficient (Wildman–Crippen LogP) is 2.31. The lowest BCUT2D eigenvalue weighted by Crippen LogP contribution is -2.30. The van der Waals surface area contributed by atoms with Crippen molar-refractivity contribution in [3.05, 3.63) is 34.2 Å². The molecule has 0 fully saturated rings. The average Bonchev–Trinajstić information content (AvgIpc) is 2.27. The Labute approximate surface area is 108 Å². The molecule has 0 radical (unpaired) electrons. The largest absolute Gasteiger partial charge is 0.464 e. The van der Waals surface area contributed by atoms with Gasteiger partial charge in [-0.2, -0.15) is 0 Å². The van der Waals surface area contributed by atoms with Crippen molar-refractivity contribution in [2.24, 2.45) is 5.92 Å². The Balaban J connectivity index is 2.72. The van der Waals surface area contributed by atoms with Gasteiger partial charge >= 0.3 is 5.97 Å². The maximum absolute atomic E-state index is 11.8. The Bertz CT molecular complexity index is 462. The van der Waals surface area contributed by atoms with Gasteiger partial charge in [0.15, 0.2) is 0 Å². The van der Waals surface area contributed by atoms with Crippen LogP contribution >= 0.6 is 0 Å². The molecule has 1 unspecified atom stereocenters. The second kappa shape index (κ2) is 6.38. The molecule has 4 heteroatoms. The van der Waals surface area contributed by atoms with Crippen LogP contribution in [0.3, 0.4) is 0 Å². The van der Waals surface area contributed by atoms with Gasteiger partial charge in [-0.25, -0.2) is 4.79 Å². The molecule has 1 atom stereocenters. The zero-order chi connectivity index (χ0) is 13.7. The van der Waals surface area contributed by atoms with E-state index in [0.717, 1.165) is 12.1 Å². The molecule has 1 aromatic rings. The Hall–Kier alpha value is -1.58. The van der Waals surface area contributed by atoms with E-state index in [1.165, 1.54) is 10.6 Å². The van der Waals surface area contributed by atoms with Crippen molar-refractivity contribution in [2.75, 3.05) is 6.61 Å². The molecule has 0 spiro atoms.